The highest BCUT2D eigenvalue weighted by molar-refractivity contribution is 6.32. The van der Waals surface area contributed by atoms with Gasteiger partial charge in [-0.3, -0.25) is 4.79 Å². The third-order valence-corrected chi connectivity index (χ3v) is 4.38. The molecule has 1 atom stereocenters. The van der Waals surface area contributed by atoms with Crippen molar-refractivity contribution in [3.63, 3.8) is 0 Å². The molecule has 1 unspecified atom stereocenters. The molecule has 1 aliphatic rings. The van der Waals surface area contributed by atoms with Crippen LogP contribution in [0.2, 0.25) is 5.02 Å². The predicted molar refractivity (Wildman–Crippen MR) is 89.7 cm³/mol. The molecule has 1 saturated heterocycles. The predicted octanol–water partition coefficient (Wildman–Crippen LogP) is 3.28. The molecule has 0 bridgehead atoms. The Balaban J connectivity index is 1.73. The number of halogens is 4. The number of anilines is 1. The van der Waals surface area contributed by atoms with E-state index in [-0.39, 0.29) is 16.9 Å². The Morgan fingerprint density at radius 1 is 1.35 bits per heavy atom. The smallest absolute Gasteiger partial charge is 0.382 e. The molecule has 1 aliphatic heterocycles. The zero-order valence-electron chi connectivity index (χ0n) is 13.6. The first kappa shape index (κ1) is 18.7. The summed E-state index contributed by atoms with van der Waals surface area (Å²) < 4.78 is 44.1. The largest absolute Gasteiger partial charge is 0.417 e. The average molecular weight is 389 g/mol. The summed E-state index contributed by atoms with van der Waals surface area (Å²) in [4.78, 5) is 16.0. The molecule has 1 fully saturated rings. The van der Waals surface area contributed by atoms with Crippen LogP contribution in [0.1, 0.15) is 24.8 Å². The Morgan fingerprint density at radius 2 is 2.15 bits per heavy atom. The molecule has 26 heavy (non-hydrogen) atoms. The van der Waals surface area contributed by atoms with E-state index >= 15 is 0 Å². The van der Waals surface area contributed by atoms with Gasteiger partial charge in [0.15, 0.2) is 5.82 Å². The molecule has 6 nitrogen and oxygen atoms in total. The van der Waals surface area contributed by atoms with Crippen molar-refractivity contribution in [1.82, 2.24) is 14.8 Å². The van der Waals surface area contributed by atoms with Crippen LogP contribution < -0.4 is 10.9 Å². The highest BCUT2D eigenvalue weighted by Crippen LogP contribution is 2.28. The van der Waals surface area contributed by atoms with E-state index in [4.69, 9.17) is 16.3 Å². The third-order valence-electron chi connectivity index (χ3n) is 4.02. The van der Waals surface area contributed by atoms with Crippen LogP contribution in [0.4, 0.5) is 18.9 Å². The molecule has 0 aromatic carbocycles. The molecule has 2 aromatic rings. The SMILES string of the molecule is O=c1c(Cl)c(NCCC2CCCO2)cnn1-c1ccc(C(F)(F)F)cn1. The van der Waals surface area contributed by atoms with Gasteiger partial charge in [0.25, 0.3) is 5.56 Å². The normalized spacial score (nSPS) is 17.5. The fourth-order valence-electron chi connectivity index (χ4n) is 2.64. The summed E-state index contributed by atoms with van der Waals surface area (Å²) >= 11 is 6.07. The van der Waals surface area contributed by atoms with Gasteiger partial charge in [-0.1, -0.05) is 11.6 Å². The van der Waals surface area contributed by atoms with Gasteiger partial charge in [-0.2, -0.15) is 23.0 Å². The number of ether oxygens (including phenoxy) is 1. The monoisotopic (exact) mass is 388 g/mol. The van der Waals surface area contributed by atoms with Crippen LogP contribution in [0.3, 0.4) is 0 Å². The zero-order valence-corrected chi connectivity index (χ0v) is 14.3. The second-order valence-electron chi connectivity index (χ2n) is 5.84. The summed E-state index contributed by atoms with van der Waals surface area (Å²) in [7, 11) is 0. The summed E-state index contributed by atoms with van der Waals surface area (Å²) in [6.07, 6.45) is 0.519. The second-order valence-corrected chi connectivity index (χ2v) is 6.22. The zero-order chi connectivity index (χ0) is 18.7. The van der Waals surface area contributed by atoms with Gasteiger partial charge in [-0.05, 0) is 31.4 Å². The average Bonchev–Trinajstić information content (AvgIpc) is 3.12. The lowest BCUT2D eigenvalue weighted by atomic mass is 10.2. The molecule has 0 spiro atoms. The van der Waals surface area contributed by atoms with E-state index < -0.39 is 17.3 Å². The molecule has 140 valence electrons. The molecule has 1 N–H and O–H groups in total. The van der Waals surface area contributed by atoms with Crippen LogP contribution >= 0.6 is 11.6 Å². The Kier molecular flexibility index (Phi) is 5.47. The Hall–Kier alpha value is -2.13. The molecule has 0 radical (unpaired) electrons. The first-order valence-electron chi connectivity index (χ1n) is 8.03. The maximum atomic E-state index is 12.6. The molecule has 3 heterocycles. The molecule has 0 amide bonds. The van der Waals surface area contributed by atoms with Crippen LogP contribution in [0.25, 0.3) is 5.82 Å². The van der Waals surface area contributed by atoms with Crippen molar-refractivity contribution < 1.29 is 17.9 Å². The number of hydrogen-bond acceptors (Lipinski definition) is 5. The Morgan fingerprint density at radius 3 is 2.77 bits per heavy atom. The number of nitrogens with one attached hydrogen (secondary N) is 1. The van der Waals surface area contributed by atoms with Crippen molar-refractivity contribution in [2.75, 3.05) is 18.5 Å². The van der Waals surface area contributed by atoms with Gasteiger partial charge in [0.1, 0.15) is 5.02 Å². The number of hydrogen-bond donors (Lipinski definition) is 1. The lowest BCUT2D eigenvalue weighted by molar-refractivity contribution is -0.137. The number of rotatable bonds is 5. The minimum Gasteiger partial charge on any atom is -0.382 e. The summed E-state index contributed by atoms with van der Waals surface area (Å²) in [5.74, 6) is -0.0456. The lowest BCUT2D eigenvalue weighted by Gasteiger charge is -2.12. The van der Waals surface area contributed by atoms with E-state index in [1.807, 2.05) is 0 Å². The van der Waals surface area contributed by atoms with Gasteiger partial charge >= 0.3 is 6.18 Å². The molecule has 3 rings (SSSR count). The third kappa shape index (κ3) is 4.16. The van der Waals surface area contributed by atoms with Gasteiger partial charge in [0.2, 0.25) is 0 Å². The fraction of sp³-hybridized carbons (Fsp3) is 0.438. The number of alkyl halides is 3. The van der Waals surface area contributed by atoms with Crippen LogP contribution in [0.15, 0.2) is 29.3 Å². The minimum absolute atomic E-state index is 0.0456. The number of aromatic nitrogens is 3. The maximum Gasteiger partial charge on any atom is 0.417 e. The summed E-state index contributed by atoms with van der Waals surface area (Å²) in [6, 6.07) is 1.90. The van der Waals surface area contributed by atoms with Crippen molar-refractivity contribution in [2.45, 2.75) is 31.5 Å². The van der Waals surface area contributed by atoms with Crippen molar-refractivity contribution in [2.24, 2.45) is 0 Å². The molecular formula is C16H16ClF3N4O2. The minimum atomic E-state index is -4.50. The van der Waals surface area contributed by atoms with Crippen LogP contribution in [-0.2, 0) is 10.9 Å². The van der Waals surface area contributed by atoms with Crippen LogP contribution in [0.5, 0.6) is 0 Å². The quantitative estimate of drug-likeness (QED) is 0.851. The molecule has 0 aliphatic carbocycles. The topological polar surface area (TPSA) is 69.0 Å². The summed E-state index contributed by atoms with van der Waals surface area (Å²) in [6.45, 7) is 1.33. The van der Waals surface area contributed by atoms with E-state index in [1.54, 1.807) is 0 Å². The lowest BCUT2D eigenvalue weighted by Crippen LogP contribution is -2.24. The molecule has 10 heteroatoms. The van der Waals surface area contributed by atoms with E-state index in [0.717, 1.165) is 42.7 Å². The Bertz CT molecular complexity index is 818. The first-order valence-corrected chi connectivity index (χ1v) is 8.41. The van der Waals surface area contributed by atoms with Gasteiger partial charge in [0, 0.05) is 19.3 Å². The number of pyridine rings is 1. The summed E-state index contributed by atoms with van der Waals surface area (Å²) in [5, 5.41) is 6.86. The van der Waals surface area contributed by atoms with Crippen LogP contribution in [-0.4, -0.2) is 34.0 Å². The van der Waals surface area contributed by atoms with E-state index in [1.165, 1.54) is 6.20 Å². The van der Waals surface area contributed by atoms with E-state index in [2.05, 4.69) is 15.4 Å². The molecule has 0 saturated carbocycles. The molecular weight excluding hydrogens is 373 g/mol. The van der Waals surface area contributed by atoms with Gasteiger partial charge < -0.3 is 10.1 Å². The first-order chi connectivity index (χ1) is 12.4. The van der Waals surface area contributed by atoms with E-state index in [9.17, 15) is 18.0 Å². The number of nitrogens with zero attached hydrogens (tertiary/aromatic N) is 3. The van der Waals surface area contributed by atoms with Gasteiger partial charge in [0.05, 0.1) is 23.6 Å². The van der Waals surface area contributed by atoms with Crippen LogP contribution in [0, 0.1) is 0 Å². The fourth-order valence-corrected chi connectivity index (χ4v) is 2.83. The Labute approximate surface area is 151 Å². The van der Waals surface area contributed by atoms with Gasteiger partial charge in [-0.25, -0.2) is 4.98 Å². The van der Waals surface area contributed by atoms with E-state index in [0.29, 0.717) is 18.4 Å². The van der Waals surface area contributed by atoms with Crippen molar-refractivity contribution >= 4 is 17.3 Å². The second kappa shape index (κ2) is 7.63. The highest BCUT2D eigenvalue weighted by Gasteiger charge is 2.30. The van der Waals surface area contributed by atoms with Crippen molar-refractivity contribution in [3.8, 4) is 5.82 Å². The summed E-state index contributed by atoms with van der Waals surface area (Å²) in [5.41, 5.74) is -1.22. The van der Waals surface area contributed by atoms with Crippen molar-refractivity contribution in [3.05, 3.63) is 45.5 Å². The molecule has 2 aromatic heterocycles. The van der Waals surface area contributed by atoms with Gasteiger partial charge in [-0.15, -0.1) is 0 Å². The standard InChI is InChI=1S/C16H16ClF3N4O2/c17-14-12(21-6-5-11-2-1-7-26-11)9-23-24(15(14)25)13-4-3-10(8-22-13)16(18,19)20/h3-4,8-9,11,21H,1-2,5-7H2. The highest BCUT2D eigenvalue weighted by atomic mass is 35.5. The maximum absolute atomic E-state index is 12.6. The van der Waals surface area contributed by atoms with Crippen molar-refractivity contribution in [1.29, 1.82) is 0 Å².